The standard InChI is InChI=1S/C20H27N7/c1-5-21-20(26(4)15-18-7-6-11-25(18)3)24-14-17-8-9-19(23-13-17)27-12-10-22-16(27)2/h6-13H,5,14-15H2,1-4H3,(H,21,24). The van der Waals surface area contributed by atoms with Gasteiger partial charge in [-0.1, -0.05) is 6.07 Å². The highest BCUT2D eigenvalue weighted by Gasteiger charge is 2.08. The normalized spacial score (nSPS) is 11.6. The Labute approximate surface area is 160 Å². The number of guanidine groups is 1. The number of nitrogens with one attached hydrogen (secondary N) is 1. The molecular weight excluding hydrogens is 338 g/mol. The Morgan fingerprint density at radius 2 is 2.07 bits per heavy atom. The quantitative estimate of drug-likeness (QED) is 0.539. The summed E-state index contributed by atoms with van der Waals surface area (Å²) in [4.78, 5) is 15.7. The summed E-state index contributed by atoms with van der Waals surface area (Å²) < 4.78 is 4.09. The van der Waals surface area contributed by atoms with E-state index < -0.39 is 0 Å². The first-order valence-electron chi connectivity index (χ1n) is 9.13. The van der Waals surface area contributed by atoms with Gasteiger partial charge < -0.3 is 14.8 Å². The molecule has 0 saturated heterocycles. The fourth-order valence-corrected chi connectivity index (χ4v) is 2.89. The highest BCUT2D eigenvalue weighted by Crippen LogP contribution is 2.10. The SMILES string of the molecule is CCNC(=NCc1ccc(-n2ccnc2C)nc1)N(C)Cc1cccn1C. The van der Waals surface area contributed by atoms with E-state index in [1.165, 1.54) is 5.69 Å². The van der Waals surface area contributed by atoms with Gasteiger partial charge in [-0.05, 0) is 37.6 Å². The summed E-state index contributed by atoms with van der Waals surface area (Å²) >= 11 is 0. The Bertz CT molecular complexity index is 889. The van der Waals surface area contributed by atoms with Gasteiger partial charge in [-0.25, -0.2) is 15.0 Å². The van der Waals surface area contributed by atoms with Crippen LogP contribution in [0.4, 0.5) is 0 Å². The summed E-state index contributed by atoms with van der Waals surface area (Å²) in [5, 5.41) is 3.36. The largest absolute Gasteiger partial charge is 0.357 e. The molecule has 3 heterocycles. The molecule has 0 aromatic carbocycles. The fraction of sp³-hybridized carbons (Fsp3) is 0.350. The van der Waals surface area contributed by atoms with Crippen LogP contribution in [0, 0.1) is 6.92 Å². The average Bonchev–Trinajstić information content (AvgIpc) is 3.27. The molecule has 142 valence electrons. The monoisotopic (exact) mass is 365 g/mol. The summed E-state index contributed by atoms with van der Waals surface area (Å²) in [6, 6.07) is 8.25. The predicted octanol–water partition coefficient (Wildman–Crippen LogP) is 2.51. The molecule has 7 heteroatoms. The maximum atomic E-state index is 4.77. The van der Waals surface area contributed by atoms with Crippen molar-refractivity contribution in [2.75, 3.05) is 13.6 Å². The molecule has 27 heavy (non-hydrogen) atoms. The fourth-order valence-electron chi connectivity index (χ4n) is 2.89. The van der Waals surface area contributed by atoms with Gasteiger partial charge in [0.05, 0.1) is 13.1 Å². The molecule has 0 aliphatic heterocycles. The highest BCUT2D eigenvalue weighted by atomic mass is 15.3. The molecule has 0 amide bonds. The molecule has 3 aromatic rings. The van der Waals surface area contributed by atoms with E-state index in [4.69, 9.17) is 4.99 Å². The van der Waals surface area contributed by atoms with Crippen molar-refractivity contribution in [1.82, 2.24) is 29.3 Å². The zero-order valence-corrected chi connectivity index (χ0v) is 16.4. The van der Waals surface area contributed by atoms with Crippen molar-refractivity contribution in [3.63, 3.8) is 0 Å². The molecule has 0 aliphatic carbocycles. The molecule has 3 rings (SSSR count). The molecule has 7 nitrogen and oxygen atoms in total. The van der Waals surface area contributed by atoms with Crippen LogP contribution in [0.3, 0.4) is 0 Å². The Hall–Kier alpha value is -3.09. The Kier molecular flexibility index (Phi) is 5.90. The van der Waals surface area contributed by atoms with E-state index >= 15 is 0 Å². The van der Waals surface area contributed by atoms with Crippen LogP contribution in [0.25, 0.3) is 5.82 Å². The maximum Gasteiger partial charge on any atom is 0.194 e. The smallest absolute Gasteiger partial charge is 0.194 e. The van der Waals surface area contributed by atoms with E-state index in [1.807, 2.05) is 30.0 Å². The summed E-state index contributed by atoms with van der Waals surface area (Å²) in [6.07, 6.45) is 7.62. The van der Waals surface area contributed by atoms with Crippen LogP contribution in [0.1, 0.15) is 24.0 Å². The van der Waals surface area contributed by atoms with E-state index in [0.29, 0.717) is 6.54 Å². The van der Waals surface area contributed by atoms with Gasteiger partial charge in [0.1, 0.15) is 11.6 Å². The lowest BCUT2D eigenvalue weighted by atomic mass is 10.3. The van der Waals surface area contributed by atoms with Crippen molar-refractivity contribution in [3.05, 3.63) is 66.1 Å². The van der Waals surface area contributed by atoms with Crippen molar-refractivity contribution in [3.8, 4) is 5.82 Å². The van der Waals surface area contributed by atoms with Crippen LogP contribution in [0.5, 0.6) is 0 Å². The van der Waals surface area contributed by atoms with Gasteiger partial charge in [0.25, 0.3) is 0 Å². The van der Waals surface area contributed by atoms with Crippen LogP contribution in [-0.4, -0.2) is 43.6 Å². The number of hydrogen-bond acceptors (Lipinski definition) is 3. The number of nitrogens with zero attached hydrogens (tertiary/aromatic N) is 6. The topological polar surface area (TPSA) is 63.3 Å². The second-order valence-corrected chi connectivity index (χ2v) is 6.51. The first-order valence-corrected chi connectivity index (χ1v) is 9.13. The van der Waals surface area contributed by atoms with Crippen molar-refractivity contribution >= 4 is 5.96 Å². The molecular formula is C20H27N7. The van der Waals surface area contributed by atoms with Crippen LogP contribution >= 0.6 is 0 Å². The Morgan fingerprint density at radius 1 is 1.22 bits per heavy atom. The molecule has 0 radical (unpaired) electrons. The molecule has 0 aliphatic rings. The number of rotatable bonds is 6. The van der Waals surface area contributed by atoms with Gasteiger partial charge in [-0.3, -0.25) is 4.57 Å². The lowest BCUT2D eigenvalue weighted by Crippen LogP contribution is -2.38. The third kappa shape index (κ3) is 4.55. The van der Waals surface area contributed by atoms with Crippen LogP contribution in [0.2, 0.25) is 0 Å². The van der Waals surface area contributed by atoms with Crippen molar-refractivity contribution in [2.24, 2.45) is 12.0 Å². The van der Waals surface area contributed by atoms with Crippen molar-refractivity contribution in [2.45, 2.75) is 26.9 Å². The van der Waals surface area contributed by atoms with E-state index in [9.17, 15) is 0 Å². The van der Waals surface area contributed by atoms with Crippen LogP contribution in [-0.2, 0) is 20.1 Å². The lowest BCUT2D eigenvalue weighted by Gasteiger charge is -2.22. The van der Waals surface area contributed by atoms with Crippen molar-refractivity contribution < 1.29 is 0 Å². The Balaban J connectivity index is 1.69. The van der Waals surface area contributed by atoms with Crippen LogP contribution < -0.4 is 5.32 Å². The average molecular weight is 365 g/mol. The lowest BCUT2D eigenvalue weighted by molar-refractivity contribution is 0.462. The molecule has 0 bridgehead atoms. The van der Waals surface area contributed by atoms with E-state index in [1.54, 1.807) is 6.20 Å². The third-order valence-corrected chi connectivity index (χ3v) is 4.44. The third-order valence-electron chi connectivity index (χ3n) is 4.44. The maximum absolute atomic E-state index is 4.77. The minimum Gasteiger partial charge on any atom is -0.357 e. The van der Waals surface area contributed by atoms with Gasteiger partial charge in [-0.2, -0.15) is 0 Å². The summed E-state index contributed by atoms with van der Waals surface area (Å²) in [5.74, 6) is 2.67. The molecule has 0 spiro atoms. The second kappa shape index (κ2) is 8.53. The summed E-state index contributed by atoms with van der Waals surface area (Å²) in [7, 11) is 4.11. The van der Waals surface area contributed by atoms with Crippen molar-refractivity contribution in [1.29, 1.82) is 0 Å². The van der Waals surface area contributed by atoms with Gasteiger partial charge in [-0.15, -0.1) is 0 Å². The number of hydrogen-bond donors (Lipinski definition) is 1. The first kappa shape index (κ1) is 18.7. The zero-order chi connectivity index (χ0) is 19.2. The second-order valence-electron chi connectivity index (χ2n) is 6.51. The summed E-state index contributed by atoms with van der Waals surface area (Å²) in [6.45, 7) is 6.25. The van der Waals surface area contributed by atoms with Gasteiger partial charge in [0, 0.05) is 51.1 Å². The van der Waals surface area contributed by atoms with E-state index in [0.717, 1.165) is 36.3 Å². The predicted molar refractivity (Wildman–Crippen MR) is 108 cm³/mol. The van der Waals surface area contributed by atoms with Crippen LogP contribution in [0.15, 0.2) is 54.0 Å². The minimum absolute atomic E-state index is 0.579. The number of pyridine rings is 1. The van der Waals surface area contributed by atoms with Gasteiger partial charge in [0.2, 0.25) is 0 Å². The number of aryl methyl sites for hydroxylation is 2. The Morgan fingerprint density at radius 3 is 2.67 bits per heavy atom. The van der Waals surface area contributed by atoms with Gasteiger partial charge >= 0.3 is 0 Å². The van der Waals surface area contributed by atoms with E-state index in [-0.39, 0.29) is 0 Å². The molecule has 0 fully saturated rings. The highest BCUT2D eigenvalue weighted by molar-refractivity contribution is 5.79. The van der Waals surface area contributed by atoms with E-state index in [2.05, 4.69) is 70.2 Å². The first-order chi connectivity index (χ1) is 13.1. The molecule has 0 unspecified atom stereocenters. The molecule has 0 atom stereocenters. The zero-order valence-electron chi connectivity index (χ0n) is 16.4. The minimum atomic E-state index is 0.579. The molecule has 1 N–H and O–H groups in total. The van der Waals surface area contributed by atoms with Gasteiger partial charge in [0.15, 0.2) is 5.96 Å². The number of imidazole rings is 1. The number of aliphatic imine (C=N–C) groups is 1. The number of aromatic nitrogens is 4. The molecule has 0 saturated carbocycles. The summed E-state index contributed by atoms with van der Waals surface area (Å²) in [5.41, 5.74) is 2.31. The molecule has 3 aromatic heterocycles.